The lowest BCUT2D eigenvalue weighted by molar-refractivity contribution is -0.119. The molecule has 112 valence electrons. The number of benzene rings is 1. The molecule has 0 saturated heterocycles. The first-order chi connectivity index (χ1) is 9.65. The van der Waals surface area contributed by atoms with Crippen LogP contribution in [0.1, 0.15) is 17.5 Å². The highest BCUT2D eigenvalue weighted by Gasteiger charge is 2.04. The molecule has 1 amide bonds. The van der Waals surface area contributed by atoms with Crippen molar-refractivity contribution >= 4 is 23.4 Å². The first kappa shape index (κ1) is 16.9. The van der Waals surface area contributed by atoms with E-state index in [9.17, 15) is 4.79 Å². The topological polar surface area (TPSA) is 61.4 Å². The number of amides is 1. The van der Waals surface area contributed by atoms with Crippen LogP contribution in [0, 0.1) is 13.8 Å². The molecule has 1 rings (SSSR count). The second kappa shape index (κ2) is 9.66. The van der Waals surface area contributed by atoms with Gasteiger partial charge >= 0.3 is 0 Å². The molecule has 0 fully saturated rings. The van der Waals surface area contributed by atoms with E-state index in [1.54, 1.807) is 11.8 Å². The van der Waals surface area contributed by atoms with Crippen LogP contribution in [0.4, 0.5) is 5.69 Å². The van der Waals surface area contributed by atoms with Gasteiger partial charge in [-0.3, -0.25) is 4.79 Å². The van der Waals surface area contributed by atoms with Gasteiger partial charge in [-0.25, -0.2) is 0 Å². The van der Waals surface area contributed by atoms with Gasteiger partial charge < -0.3 is 15.7 Å². The van der Waals surface area contributed by atoms with E-state index in [-0.39, 0.29) is 12.5 Å². The lowest BCUT2D eigenvalue weighted by atomic mass is 10.1. The number of rotatable bonds is 9. The van der Waals surface area contributed by atoms with Crippen molar-refractivity contribution in [3.63, 3.8) is 0 Å². The third-order valence-electron chi connectivity index (χ3n) is 2.92. The standard InChI is InChI=1S/C15H24N2O2S/c1-12-5-3-6-13(2)15(12)17-11-14(19)16-7-10-20-9-4-8-18/h3,5-6,17-18H,4,7-11H2,1-2H3,(H,16,19). The highest BCUT2D eigenvalue weighted by molar-refractivity contribution is 7.99. The number of aliphatic hydroxyl groups is 1. The molecule has 0 aliphatic rings. The van der Waals surface area contributed by atoms with Crippen LogP contribution in [0.3, 0.4) is 0 Å². The number of aryl methyl sites for hydroxylation is 2. The Kier molecular flexibility index (Phi) is 8.14. The summed E-state index contributed by atoms with van der Waals surface area (Å²) in [4.78, 5) is 11.7. The summed E-state index contributed by atoms with van der Waals surface area (Å²) in [5.41, 5.74) is 3.34. The monoisotopic (exact) mass is 296 g/mol. The van der Waals surface area contributed by atoms with Gasteiger partial charge in [0.1, 0.15) is 0 Å². The fourth-order valence-corrected chi connectivity index (χ4v) is 2.64. The Balaban J connectivity index is 2.20. The van der Waals surface area contributed by atoms with Gasteiger partial charge in [-0.1, -0.05) is 18.2 Å². The van der Waals surface area contributed by atoms with Crippen LogP contribution in [0.25, 0.3) is 0 Å². The second-order valence-corrected chi connectivity index (χ2v) is 5.88. The molecule has 0 spiro atoms. The van der Waals surface area contributed by atoms with Crippen molar-refractivity contribution in [1.82, 2.24) is 5.32 Å². The fraction of sp³-hybridized carbons (Fsp3) is 0.533. The van der Waals surface area contributed by atoms with Crippen molar-refractivity contribution in [3.05, 3.63) is 29.3 Å². The van der Waals surface area contributed by atoms with Crippen molar-refractivity contribution in [2.45, 2.75) is 20.3 Å². The van der Waals surface area contributed by atoms with Crippen LogP contribution in [0.2, 0.25) is 0 Å². The molecule has 0 unspecified atom stereocenters. The molecular weight excluding hydrogens is 272 g/mol. The minimum Gasteiger partial charge on any atom is -0.396 e. The first-order valence-corrected chi connectivity index (χ1v) is 8.06. The molecule has 0 saturated carbocycles. The number of hydrogen-bond acceptors (Lipinski definition) is 4. The number of para-hydroxylation sites is 1. The molecule has 1 aromatic rings. The fourth-order valence-electron chi connectivity index (χ4n) is 1.86. The Morgan fingerprint density at radius 1 is 1.25 bits per heavy atom. The number of aliphatic hydroxyl groups excluding tert-OH is 1. The number of nitrogens with one attached hydrogen (secondary N) is 2. The lowest BCUT2D eigenvalue weighted by Gasteiger charge is -2.12. The highest BCUT2D eigenvalue weighted by Crippen LogP contribution is 2.18. The number of anilines is 1. The van der Waals surface area contributed by atoms with Crippen molar-refractivity contribution in [2.24, 2.45) is 0 Å². The van der Waals surface area contributed by atoms with Gasteiger partial charge in [0.15, 0.2) is 0 Å². The van der Waals surface area contributed by atoms with Crippen molar-refractivity contribution < 1.29 is 9.90 Å². The SMILES string of the molecule is Cc1cccc(C)c1NCC(=O)NCCSCCCO. The van der Waals surface area contributed by atoms with Crippen molar-refractivity contribution in [2.75, 3.05) is 36.5 Å². The molecule has 0 radical (unpaired) electrons. The average molecular weight is 296 g/mol. The maximum absolute atomic E-state index is 11.7. The first-order valence-electron chi connectivity index (χ1n) is 6.90. The Labute approximate surface area is 125 Å². The van der Waals surface area contributed by atoms with Crippen molar-refractivity contribution in [3.8, 4) is 0 Å². The zero-order valence-electron chi connectivity index (χ0n) is 12.2. The molecule has 0 atom stereocenters. The normalized spacial score (nSPS) is 10.3. The summed E-state index contributed by atoms with van der Waals surface area (Å²) < 4.78 is 0. The quantitative estimate of drug-likeness (QED) is 0.610. The van der Waals surface area contributed by atoms with Gasteiger partial charge in [0.25, 0.3) is 0 Å². The minimum absolute atomic E-state index is 0.00964. The van der Waals surface area contributed by atoms with Crippen LogP contribution in [-0.2, 0) is 4.79 Å². The summed E-state index contributed by atoms with van der Waals surface area (Å²) in [7, 11) is 0. The van der Waals surface area contributed by atoms with E-state index in [1.165, 1.54) is 0 Å². The highest BCUT2D eigenvalue weighted by atomic mass is 32.2. The molecule has 20 heavy (non-hydrogen) atoms. The maximum Gasteiger partial charge on any atom is 0.239 e. The summed E-state index contributed by atoms with van der Waals surface area (Å²) in [6, 6.07) is 6.08. The molecule has 5 heteroatoms. The summed E-state index contributed by atoms with van der Waals surface area (Å²) in [6.45, 7) is 5.27. The van der Waals surface area contributed by atoms with Crippen LogP contribution >= 0.6 is 11.8 Å². The summed E-state index contributed by atoms with van der Waals surface area (Å²) in [6.07, 6.45) is 0.812. The van der Waals surface area contributed by atoms with Gasteiger partial charge in [0.2, 0.25) is 5.91 Å². The van der Waals surface area contributed by atoms with Crippen LogP contribution < -0.4 is 10.6 Å². The van der Waals surface area contributed by atoms with Gasteiger partial charge in [-0.15, -0.1) is 0 Å². The Morgan fingerprint density at radius 2 is 1.95 bits per heavy atom. The van der Waals surface area contributed by atoms with E-state index in [2.05, 4.69) is 10.6 Å². The summed E-state index contributed by atoms with van der Waals surface area (Å²) in [5, 5.41) is 14.7. The third-order valence-corrected chi connectivity index (χ3v) is 3.99. The Morgan fingerprint density at radius 3 is 2.60 bits per heavy atom. The van der Waals surface area contributed by atoms with E-state index in [0.29, 0.717) is 13.1 Å². The molecule has 0 aliphatic carbocycles. The molecule has 1 aromatic carbocycles. The minimum atomic E-state index is 0.00964. The Hall–Kier alpha value is -1.20. The van der Waals surface area contributed by atoms with E-state index in [1.807, 2.05) is 32.0 Å². The van der Waals surface area contributed by atoms with E-state index < -0.39 is 0 Å². The number of carbonyl (C=O) groups is 1. The lowest BCUT2D eigenvalue weighted by Crippen LogP contribution is -2.31. The average Bonchev–Trinajstić information content (AvgIpc) is 2.42. The number of carbonyl (C=O) groups excluding carboxylic acids is 1. The Bertz CT molecular complexity index is 404. The zero-order valence-corrected chi connectivity index (χ0v) is 13.1. The molecular formula is C15H24N2O2S. The molecule has 3 N–H and O–H groups in total. The molecule has 0 heterocycles. The van der Waals surface area contributed by atoms with E-state index in [4.69, 9.17) is 5.11 Å². The summed E-state index contributed by atoms with van der Waals surface area (Å²) >= 11 is 1.74. The maximum atomic E-state index is 11.7. The molecule has 0 aliphatic heterocycles. The van der Waals surface area contributed by atoms with Gasteiger partial charge in [-0.2, -0.15) is 11.8 Å². The smallest absolute Gasteiger partial charge is 0.239 e. The molecule has 0 aromatic heterocycles. The van der Waals surface area contributed by atoms with Crippen LogP contribution in [-0.4, -0.2) is 42.2 Å². The number of hydrogen-bond donors (Lipinski definition) is 3. The van der Waals surface area contributed by atoms with Crippen molar-refractivity contribution in [1.29, 1.82) is 0 Å². The van der Waals surface area contributed by atoms with E-state index in [0.717, 1.165) is 34.7 Å². The van der Waals surface area contributed by atoms with E-state index >= 15 is 0 Å². The molecule has 0 bridgehead atoms. The third kappa shape index (κ3) is 6.30. The van der Waals surface area contributed by atoms with Crippen LogP contribution in [0.15, 0.2) is 18.2 Å². The predicted molar refractivity (Wildman–Crippen MR) is 86.4 cm³/mol. The van der Waals surface area contributed by atoms with Gasteiger partial charge in [-0.05, 0) is 37.1 Å². The summed E-state index contributed by atoms with van der Waals surface area (Å²) in [5.74, 6) is 1.83. The van der Waals surface area contributed by atoms with Crippen LogP contribution in [0.5, 0.6) is 0 Å². The largest absolute Gasteiger partial charge is 0.396 e. The molecule has 4 nitrogen and oxygen atoms in total. The van der Waals surface area contributed by atoms with Gasteiger partial charge in [0, 0.05) is 24.6 Å². The second-order valence-electron chi connectivity index (χ2n) is 4.66. The zero-order chi connectivity index (χ0) is 14.8. The predicted octanol–water partition coefficient (Wildman–Crippen LogP) is 1.95. The number of thioether (sulfide) groups is 1. The van der Waals surface area contributed by atoms with Gasteiger partial charge in [0.05, 0.1) is 6.54 Å².